The van der Waals surface area contributed by atoms with Gasteiger partial charge in [-0.05, 0) is 56.2 Å². The first-order valence-electron chi connectivity index (χ1n) is 11.4. The van der Waals surface area contributed by atoms with Gasteiger partial charge in [0.2, 0.25) is 21.8 Å². The van der Waals surface area contributed by atoms with Gasteiger partial charge in [-0.2, -0.15) is 0 Å². The van der Waals surface area contributed by atoms with Crippen molar-refractivity contribution < 1.29 is 27.5 Å². The summed E-state index contributed by atoms with van der Waals surface area (Å²) in [5, 5.41) is 3.09. The Balaban J connectivity index is 2.41. The first-order valence-corrected chi connectivity index (χ1v) is 13.7. The molecule has 2 atom stereocenters. The highest BCUT2D eigenvalue weighted by molar-refractivity contribution is 7.92. The minimum atomic E-state index is -3.86. The summed E-state index contributed by atoms with van der Waals surface area (Å²) in [7, 11) is -0.865. The smallest absolute Gasteiger partial charge is 0.244 e. The molecule has 2 aromatic carbocycles. The van der Waals surface area contributed by atoms with Crippen LogP contribution in [0.1, 0.15) is 32.8 Å². The normalized spacial score (nSPS) is 12.9. The second-order valence-corrected chi connectivity index (χ2v) is 10.8. The van der Waals surface area contributed by atoms with Crippen molar-refractivity contribution in [3.05, 3.63) is 53.1 Å². The maximum atomic E-state index is 13.6. The predicted octanol–water partition coefficient (Wildman–Crippen LogP) is 3.46. The van der Waals surface area contributed by atoms with Crippen LogP contribution in [-0.4, -0.2) is 64.2 Å². The number of nitrogens with zero attached hydrogens (tertiary/aromatic N) is 2. The largest absolute Gasteiger partial charge is 0.497 e. The number of nitrogens with one attached hydrogen (secondary N) is 1. The van der Waals surface area contributed by atoms with E-state index < -0.39 is 28.5 Å². The lowest BCUT2D eigenvalue weighted by Crippen LogP contribution is -2.52. The zero-order valence-electron chi connectivity index (χ0n) is 21.4. The first kappa shape index (κ1) is 29.3. The van der Waals surface area contributed by atoms with Crippen LogP contribution in [0.3, 0.4) is 0 Å². The third kappa shape index (κ3) is 7.76. The fourth-order valence-corrected chi connectivity index (χ4v) is 4.49. The summed E-state index contributed by atoms with van der Waals surface area (Å²) in [6.07, 6.45) is 1.73. The maximum absolute atomic E-state index is 13.6. The van der Waals surface area contributed by atoms with Crippen LogP contribution in [0.25, 0.3) is 0 Å². The summed E-state index contributed by atoms with van der Waals surface area (Å²) < 4.78 is 36.6. The zero-order valence-corrected chi connectivity index (χ0v) is 23.0. The van der Waals surface area contributed by atoms with Crippen molar-refractivity contribution in [2.24, 2.45) is 0 Å². The molecule has 0 radical (unpaired) electrons. The summed E-state index contributed by atoms with van der Waals surface area (Å²) in [6, 6.07) is 10.6. The van der Waals surface area contributed by atoms with Gasteiger partial charge in [0, 0.05) is 12.6 Å². The lowest BCUT2D eigenvalue weighted by atomic mass is 10.1. The minimum Gasteiger partial charge on any atom is -0.497 e. The standard InChI is InChI=1S/C25H34ClN3O6S/c1-7-17(2)27-25(31)18(3)28(15-19-8-11-21(34-4)12-9-19)24(30)16-29(36(6,32)33)20-10-13-23(35-5)22(26)14-20/h8-14,17-18H,7,15-16H2,1-6H3,(H,27,31). The Bertz CT molecular complexity index is 1160. The number of amides is 2. The molecule has 0 bridgehead atoms. The van der Waals surface area contributed by atoms with Crippen molar-refractivity contribution in [2.75, 3.05) is 31.3 Å². The Morgan fingerprint density at radius 2 is 1.69 bits per heavy atom. The molecule has 0 aromatic heterocycles. The van der Waals surface area contributed by atoms with Crippen LogP contribution in [0.15, 0.2) is 42.5 Å². The number of halogens is 1. The van der Waals surface area contributed by atoms with Gasteiger partial charge in [0.05, 0.1) is 31.2 Å². The van der Waals surface area contributed by atoms with Gasteiger partial charge in [-0.15, -0.1) is 0 Å². The Hall–Kier alpha value is -2.98. The summed E-state index contributed by atoms with van der Waals surface area (Å²) in [4.78, 5) is 27.9. The third-order valence-electron chi connectivity index (χ3n) is 5.78. The second-order valence-electron chi connectivity index (χ2n) is 8.45. The number of carbonyl (C=O) groups excluding carboxylic acids is 2. The average molecular weight is 540 g/mol. The molecule has 198 valence electrons. The molecule has 2 amide bonds. The average Bonchev–Trinajstić information content (AvgIpc) is 2.84. The van der Waals surface area contributed by atoms with E-state index in [-0.39, 0.29) is 29.2 Å². The summed E-state index contributed by atoms with van der Waals surface area (Å²) in [5.41, 5.74) is 0.962. The van der Waals surface area contributed by atoms with E-state index in [1.165, 1.54) is 30.2 Å². The summed E-state index contributed by atoms with van der Waals surface area (Å²) >= 11 is 6.20. The maximum Gasteiger partial charge on any atom is 0.244 e. The molecule has 0 saturated heterocycles. The molecule has 11 heteroatoms. The van der Waals surface area contributed by atoms with Gasteiger partial charge >= 0.3 is 0 Å². The molecular formula is C25H34ClN3O6S. The predicted molar refractivity (Wildman–Crippen MR) is 141 cm³/mol. The molecule has 0 spiro atoms. The number of carbonyl (C=O) groups is 2. The number of rotatable bonds is 12. The van der Waals surface area contributed by atoms with E-state index in [4.69, 9.17) is 21.1 Å². The molecule has 2 aromatic rings. The van der Waals surface area contributed by atoms with E-state index in [2.05, 4.69) is 5.32 Å². The second kappa shape index (κ2) is 12.8. The number of anilines is 1. The lowest BCUT2D eigenvalue weighted by Gasteiger charge is -2.32. The summed E-state index contributed by atoms with van der Waals surface area (Å²) in [5.74, 6) is 0.148. The minimum absolute atomic E-state index is 0.0770. The molecule has 0 aliphatic heterocycles. The summed E-state index contributed by atoms with van der Waals surface area (Å²) in [6.45, 7) is 5.02. The molecule has 36 heavy (non-hydrogen) atoms. The fourth-order valence-electron chi connectivity index (χ4n) is 3.40. The van der Waals surface area contributed by atoms with Crippen LogP contribution < -0.4 is 19.1 Å². The fraction of sp³-hybridized carbons (Fsp3) is 0.440. The topological polar surface area (TPSA) is 105 Å². The van der Waals surface area contributed by atoms with Crippen LogP contribution in [0.4, 0.5) is 5.69 Å². The number of sulfonamides is 1. The van der Waals surface area contributed by atoms with Gasteiger partial charge in [-0.3, -0.25) is 13.9 Å². The van der Waals surface area contributed by atoms with E-state index in [9.17, 15) is 18.0 Å². The molecule has 2 unspecified atom stereocenters. The lowest BCUT2D eigenvalue weighted by molar-refractivity contribution is -0.139. The van der Waals surface area contributed by atoms with Crippen molar-refractivity contribution in [2.45, 2.75) is 45.8 Å². The third-order valence-corrected chi connectivity index (χ3v) is 7.22. The van der Waals surface area contributed by atoms with E-state index in [0.29, 0.717) is 11.5 Å². The van der Waals surface area contributed by atoms with E-state index in [0.717, 1.165) is 22.5 Å². The molecule has 0 aliphatic rings. The Labute approximate surface area is 218 Å². The molecule has 0 saturated carbocycles. The van der Waals surface area contributed by atoms with E-state index in [1.54, 1.807) is 38.3 Å². The van der Waals surface area contributed by atoms with Crippen LogP contribution >= 0.6 is 11.6 Å². The van der Waals surface area contributed by atoms with Gasteiger partial charge in [0.1, 0.15) is 24.1 Å². The number of ether oxygens (including phenoxy) is 2. The van der Waals surface area contributed by atoms with Crippen LogP contribution in [0.5, 0.6) is 11.5 Å². The molecule has 9 nitrogen and oxygen atoms in total. The highest BCUT2D eigenvalue weighted by Crippen LogP contribution is 2.30. The zero-order chi connectivity index (χ0) is 27.0. The SMILES string of the molecule is CCC(C)NC(=O)C(C)N(Cc1ccc(OC)cc1)C(=O)CN(c1ccc(OC)c(Cl)c1)S(C)(=O)=O. The Kier molecular flexibility index (Phi) is 10.4. The van der Waals surface area contributed by atoms with Crippen molar-refractivity contribution in [1.82, 2.24) is 10.2 Å². The molecule has 0 heterocycles. The number of benzene rings is 2. The van der Waals surface area contributed by atoms with Gasteiger partial charge in [0.25, 0.3) is 0 Å². The van der Waals surface area contributed by atoms with Crippen LogP contribution in [-0.2, 0) is 26.2 Å². The number of hydrogen-bond acceptors (Lipinski definition) is 6. The Morgan fingerprint density at radius 1 is 1.06 bits per heavy atom. The van der Waals surface area contributed by atoms with Crippen LogP contribution in [0, 0.1) is 0 Å². The first-order chi connectivity index (χ1) is 16.9. The number of hydrogen-bond donors (Lipinski definition) is 1. The molecular weight excluding hydrogens is 506 g/mol. The van der Waals surface area contributed by atoms with Crippen molar-refractivity contribution in [3.8, 4) is 11.5 Å². The highest BCUT2D eigenvalue weighted by atomic mass is 35.5. The highest BCUT2D eigenvalue weighted by Gasteiger charge is 2.30. The molecule has 2 rings (SSSR count). The van der Waals surface area contributed by atoms with Crippen molar-refractivity contribution in [3.63, 3.8) is 0 Å². The molecule has 1 N–H and O–H groups in total. The molecule has 0 fully saturated rings. The van der Waals surface area contributed by atoms with Gasteiger partial charge in [0.15, 0.2) is 0 Å². The van der Waals surface area contributed by atoms with E-state index >= 15 is 0 Å². The van der Waals surface area contributed by atoms with Gasteiger partial charge < -0.3 is 19.7 Å². The molecule has 0 aliphatic carbocycles. The van der Waals surface area contributed by atoms with Crippen molar-refractivity contribution in [1.29, 1.82) is 0 Å². The quantitative estimate of drug-likeness (QED) is 0.443. The van der Waals surface area contributed by atoms with Crippen molar-refractivity contribution >= 4 is 39.1 Å². The van der Waals surface area contributed by atoms with Gasteiger partial charge in [-0.1, -0.05) is 30.7 Å². The van der Waals surface area contributed by atoms with E-state index in [1.807, 2.05) is 13.8 Å². The number of methoxy groups -OCH3 is 2. The van der Waals surface area contributed by atoms with Crippen LogP contribution in [0.2, 0.25) is 5.02 Å². The Morgan fingerprint density at radius 3 is 2.19 bits per heavy atom. The van der Waals surface area contributed by atoms with Gasteiger partial charge in [-0.25, -0.2) is 8.42 Å². The monoisotopic (exact) mass is 539 g/mol.